The fourth-order valence-corrected chi connectivity index (χ4v) is 4.22. The summed E-state index contributed by atoms with van der Waals surface area (Å²) in [6.07, 6.45) is 4.54. The van der Waals surface area contributed by atoms with Gasteiger partial charge in [-0.2, -0.15) is 4.31 Å². The third-order valence-corrected chi connectivity index (χ3v) is 6.45. The number of aromatic nitrogens is 1. The van der Waals surface area contributed by atoms with Gasteiger partial charge in [0.05, 0.1) is 0 Å². The van der Waals surface area contributed by atoms with E-state index in [1.165, 1.54) is 0 Å². The lowest BCUT2D eigenvalue weighted by atomic mass is 9.79. The average Bonchev–Trinajstić information content (AvgIpc) is 2.48. The summed E-state index contributed by atoms with van der Waals surface area (Å²) in [5.74, 6) is 0.448. The van der Waals surface area contributed by atoms with Crippen LogP contribution in [0.4, 0.5) is 5.82 Å². The zero-order valence-electron chi connectivity index (χ0n) is 13.1. The number of nitrogens with zero attached hydrogens (tertiary/aromatic N) is 2. The first kappa shape index (κ1) is 16.2. The number of piperidine rings is 1. The maximum Gasteiger partial charge on any atom is 0.246 e. The highest BCUT2D eigenvalue weighted by molar-refractivity contribution is 7.89. The number of anilines is 1. The predicted octanol–water partition coefficient (Wildman–Crippen LogP) is 2.71. The smallest absolute Gasteiger partial charge is 0.246 e. The molecule has 2 rings (SSSR count). The van der Waals surface area contributed by atoms with E-state index in [0.717, 1.165) is 19.3 Å². The zero-order valence-corrected chi connectivity index (χ0v) is 13.9. The first-order chi connectivity index (χ1) is 9.93. The molecule has 0 amide bonds. The van der Waals surface area contributed by atoms with Gasteiger partial charge < -0.3 is 5.32 Å². The molecule has 1 aliphatic heterocycles. The SMILES string of the molecule is CCNc1ncccc1S(=O)(=O)N1CCC(C)(CC)CC1. The van der Waals surface area contributed by atoms with Crippen molar-refractivity contribution in [1.82, 2.24) is 9.29 Å². The van der Waals surface area contributed by atoms with Crippen molar-refractivity contribution >= 4 is 15.8 Å². The average molecular weight is 311 g/mol. The summed E-state index contributed by atoms with van der Waals surface area (Å²) < 4.78 is 27.3. The highest BCUT2D eigenvalue weighted by Crippen LogP contribution is 2.36. The lowest BCUT2D eigenvalue weighted by Crippen LogP contribution is -2.42. The van der Waals surface area contributed by atoms with Crippen molar-refractivity contribution in [3.63, 3.8) is 0 Å². The fraction of sp³-hybridized carbons (Fsp3) is 0.667. The molecule has 21 heavy (non-hydrogen) atoms. The minimum Gasteiger partial charge on any atom is -0.369 e. The Morgan fingerprint density at radius 1 is 1.33 bits per heavy atom. The quantitative estimate of drug-likeness (QED) is 0.908. The monoisotopic (exact) mass is 311 g/mol. The number of nitrogens with one attached hydrogen (secondary N) is 1. The minimum absolute atomic E-state index is 0.269. The zero-order chi connectivity index (χ0) is 15.5. The minimum atomic E-state index is -3.46. The summed E-state index contributed by atoms with van der Waals surface area (Å²) in [4.78, 5) is 4.44. The maximum absolute atomic E-state index is 12.8. The van der Waals surface area contributed by atoms with Crippen molar-refractivity contribution in [2.24, 2.45) is 5.41 Å². The number of pyridine rings is 1. The molecule has 0 spiro atoms. The first-order valence-corrected chi connectivity index (χ1v) is 9.06. The number of sulfonamides is 1. The van der Waals surface area contributed by atoms with Crippen molar-refractivity contribution in [3.05, 3.63) is 18.3 Å². The second-order valence-electron chi connectivity index (χ2n) is 5.95. The van der Waals surface area contributed by atoms with Crippen LogP contribution in [0.1, 0.15) is 40.0 Å². The van der Waals surface area contributed by atoms with Crippen molar-refractivity contribution in [2.75, 3.05) is 25.0 Å². The van der Waals surface area contributed by atoms with Gasteiger partial charge in [-0.3, -0.25) is 0 Å². The number of hydrogen-bond acceptors (Lipinski definition) is 4. The topological polar surface area (TPSA) is 62.3 Å². The molecule has 1 aromatic rings. The fourth-order valence-electron chi connectivity index (χ4n) is 2.66. The molecular weight excluding hydrogens is 286 g/mol. The molecule has 0 aliphatic carbocycles. The van der Waals surface area contributed by atoms with Crippen LogP contribution in [0.25, 0.3) is 0 Å². The molecule has 1 N–H and O–H groups in total. The van der Waals surface area contributed by atoms with Crippen LogP contribution in [0, 0.1) is 5.41 Å². The largest absolute Gasteiger partial charge is 0.369 e. The molecule has 1 saturated heterocycles. The van der Waals surface area contributed by atoms with E-state index in [1.807, 2.05) is 6.92 Å². The van der Waals surface area contributed by atoms with Gasteiger partial charge in [-0.25, -0.2) is 13.4 Å². The Labute approximate surface area is 127 Å². The van der Waals surface area contributed by atoms with Crippen molar-refractivity contribution in [1.29, 1.82) is 0 Å². The number of rotatable bonds is 5. The Balaban J connectivity index is 2.24. The third kappa shape index (κ3) is 3.37. The van der Waals surface area contributed by atoms with Crippen LogP contribution >= 0.6 is 0 Å². The second kappa shape index (κ2) is 6.32. The van der Waals surface area contributed by atoms with Crippen molar-refractivity contribution in [3.8, 4) is 0 Å². The Morgan fingerprint density at radius 3 is 2.57 bits per heavy atom. The van der Waals surface area contributed by atoms with Gasteiger partial charge in [0.2, 0.25) is 10.0 Å². The molecule has 1 aliphatic rings. The van der Waals surface area contributed by atoms with Crippen LogP contribution in [0.3, 0.4) is 0 Å². The van der Waals surface area contributed by atoms with E-state index in [9.17, 15) is 8.42 Å². The summed E-state index contributed by atoms with van der Waals surface area (Å²) >= 11 is 0. The van der Waals surface area contributed by atoms with Gasteiger partial charge in [0.25, 0.3) is 0 Å². The predicted molar refractivity (Wildman–Crippen MR) is 84.8 cm³/mol. The lowest BCUT2D eigenvalue weighted by Gasteiger charge is -2.38. The molecule has 0 aromatic carbocycles. The normalized spacial score (nSPS) is 19.4. The van der Waals surface area contributed by atoms with Gasteiger partial charge in [0.1, 0.15) is 10.7 Å². The standard InChI is InChI=1S/C15H25N3O2S/c1-4-15(3)8-11-18(12-9-15)21(19,20)13-7-6-10-17-14(13)16-5-2/h6-7,10H,4-5,8-9,11-12H2,1-3H3,(H,16,17). The molecule has 2 heterocycles. The van der Waals surface area contributed by atoms with Gasteiger partial charge >= 0.3 is 0 Å². The first-order valence-electron chi connectivity index (χ1n) is 7.62. The molecule has 0 radical (unpaired) electrons. The van der Waals surface area contributed by atoms with Gasteiger partial charge in [0.15, 0.2) is 0 Å². The van der Waals surface area contributed by atoms with Crippen molar-refractivity contribution < 1.29 is 8.42 Å². The lowest BCUT2D eigenvalue weighted by molar-refractivity contribution is 0.169. The Morgan fingerprint density at radius 2 is 2.00 bits per heavy atom. The van der Waals surface area contributed by atoms with Crippen LogP contribution < -0.4 is 5.32 Å². The third-order valence-electron chi connectivity index (χ3n) is 4.52. The molecule has 1 fully saturated rings. The molecule has 0 unspecified atom stereocenters. The summed E-state index contributed by atoms with van der Waals surface area (Å²) in [7, 11) is -3.46. The van der Waals surface area contributed by atoms with E-state index in [2.05, 4.69) is 24.1 Å². The molecule has 1 aromatic heterocycles. The molecular formula is C15H25N3O2S. The highest BCUT2D eigenvalue weighted by atomic mass is 32.2. The van der Waals surface area contributed by atoms with Crippen LogP contribution in [-0.4, -0.2) is 37.3 Å². The van der Waals surface area contributed by atoms with Crippen molar-refractivity contribution in [2.45, 2.75) is 44.9 Å². The summed E-state index contributed by atoms with van der Waals surface area (Å²) in [6.45, 7) is 8.17. The Bertz CT molecular complexity index is 578. The van der Waals surface area contributed by atoms with E-state index in [-0.39, 0.29) is 10.3 Å². The van der Waals surface area contributed by atoms with E-state index in [4.69, 9.17) is 0 Å². The van der Waals surface area contributed by atoms with E-state index in [0.29, 0.717) is 25.5 Å². The van der Waals surface area contributed by atoms with Gasteiger partial charge in [-0.15, -0.1) is 0 Å². The van der Waals surface area contributed by atoms with E-state index in [1.54, 1.807) is 22.6 Å². The summed E-state index contributed by atoms with van der Waals surface area (Å²) in [5, 5.41) is 3.03. The molecule has 5 nitrogen and oxygen atoms in total. The molecule has 118 valence electrons. The van der Waals surface area contributed by atoms with E-state index < -0.39 is 10.0 Å². The van der Waals surface area contributed by atoms with Gasteiger partial charge in [0, 0.05) is 25.8 Å². The Hall–Kier alpha value is -1.14. The number of hydrogen-bond donors (Lipinski definition) is 1. The summed E-state index contributed by atoms with van der Waals surface area (Å²) in [5.41, 5.74) is 0.269. The van der Waals surface area contributed by atoms with Gasteiger partial charge in [-0.05, 0) is 37.3 Å². The maximum atomic E-state index is 12.8. The molecule has 0 atom stereocenters. The van der Waals surface area contributed by atoms with Gasteiger partial charge in [-0.1, -0.05) is 20.3 Å². The van der Waals surface area contributed by atoms with E-state index >= 15 is 0 Å². The molecule has 0 bridgehead atoms. The molecule has 0 saturated carbocycles. The Kier molecular flexibility index (Phi) is 4.88. The molecule has 6 heteroatoms. The second-order valence-corrected chi connectivity index (χ2v) is 7.86. The van der Waals surface area contributed by atoms with Crippen LogP contribution in [0.15, 0.2) is 23.2 Å². The summed E-state index contributed by atoms with van der Waals surface area (Å²) in [6, 6.07) is 3.31. The van der Waals surface area contributed by atoms with Crippen LogP contribution in [-0.2, 0) is 10.0 Å². The van der Waals surface area contributed by atoms with Crippen LogP contribution in [0.2, 0.25) is 0 Å². The van der Waals surface area contributed by atoms with Crippen LogP contribution in [0.5, 0.6) is 0 Å². The highest BCUT2D eigenvalue weighted by Gasteiger charge is 2.35.